The first kappa shape index (κ1) is 10.8. The smallest absolute Gasteiger partial charge is 0.161 e. The van der Waals surface area contributed by atoms with Gasteiger partial charge in [0.15, 0.2) is 17.8 Å². The molecule has 4 nitrogen and oxygen atoms in total. The molecule has 0 radical (unpaired) electrons. The molecule has 0 atom stereocenters. The molecule has 1 aromatic carbocycles. The molecule has 0 spiro atoms. The summed E-state index contributed by atoms with van der Waals surface area (Å²) in [5, 5.41) is 17.8. The number of carbonyl (C=O) groups excluding carboxylic acids is 1. The fraction of sp³-hybridized carbons (Fsp3) is 0.0909. The van der Waals surface area contributed by atoms with Gasteiger partial charge in [0.2, 0.25) is 0 Å². The Hall–Kier alpha value is -2.28. The lowest BCUT2D eigenvalue weighted by molar-refractivity contribution is -0.104. The molecule has 1 N–H and O–H groups in total. The summed E-state index contributed by atoms with van der Waals surface area (Å²) in [6.45, 7) is 0. The van der Waals surface area contributed by atoms with Gasteiger partial charge >= 0.3 is 0 Å². The van der Waals surface area contributed by atoms with Crippen LogP contribution in [0.1, 0.15) is 5.56 Å². The number of benzene rings is 1. The van der Waals surface area contributed by atoms with Gasteiger partial charge in [-0.05, 0) is 23.8 Å². The zero-order valence-corrected chi connectivity index (χ0v) is 8.10. The zero-order valence-electron chi connectivity index (χ0n) is 8.10. The Morgan fingerprint density at radius 3 is 2.87 bits per heavy atom. The van der Waals surface area contributed by atoms with E-state index < -0.39 is 0 Å². The van der Waals surface area contributed by atoms with Crippen LogP contribution in [0.4, 0.5) is 0 Å². The summed E-state index contributed by atoms with van der Waals surface area (Å²) in [5.74, 6) is 0.311. The molecule has 0 unspecified atom stereocenters. The number of hydrogen-bond acceptors (Lipinski definition) is 4. The van der Waals surface area contributed by atoms with Crippen molar-refractivity contribution < 1.29 is 14.6 Å². The zero-order chi connectivity index (χ0) is 11.3. The highest BCUT2D eigenvalue weighted by molar-refractivity contribution is 5.86. The van der Waals surface area contributed by atoms with Gasteiger partial charge in [-0.15, -0.1) is 0 Å². The van der Waals surface area contributed by atoms with Crippen LogP contribution in [0.15, 0.2) is 23.8 Å². The number of ether oxygens (including phenoxy) is 1. The van der Waals surface area contributed by atoms with Crippen LogP contribution >= 0.6 is 0 Å². The van der Waals surface area contributed by atoms with Gasteiger partial charge in [0.1, 0.15) is 6.07 Å². The normalized spacial score (nSPS) is 10.5. The van der Waals surface area contributed by atoms with Gasteiger partial charge in [-0.1, -0.05) is 6.07 Å². The summed E-state index contributed by atoms with van der Waals surface area (Å²) < 4.78 is 4.88. The molecule has 76 valence electrons. The van der Waals surface area contributed by atoms with Crippen molar-refractivity contribution >= 4 is 12.4 Å². The van der Waals surface area contributed by atoms with E-state index in [4.69, 9.17) is 10.00 Å². The van der Waals surface area contributed by atoms with Gasteiger partial charge in [-0.25, -0.2) is 0 Å². The standard InChI is InChI=1S/C11H9NO3/c1-15-11-5-8(2-3-10(11)14)4-9(6-12)7-13/h2-5,7,14H,1H3/b9-4+. The number of methoxy groups -OCH3 is 1. The average molecular weight is 203 g/mol. The summed E-state index contributed by atoms with van der Waals surface area (Å²) in [5.41, 5.74) is 0.635. The van der Waals surface area contributed by atoms with Gasteiger partial charge in [0.25, 0.3) is 0 Å². The molecular formula is C11H9NO3. The van der Waals surface area contributed by atoms with Crippen LogP contribution in [0.5, 0.6) is 11.5 Å². The minimum absolute atomic E-state index is 0.0132. The first-order valence-corrected chi connectivity index (χ1v) is 4.15. The van der Waals surface area contributed by atoms with Crippen molar-refractivity contribution in [3.05, 3.63) is 29.3 Å². The first-order valence-electron chi connectivity index (χ1n) is 4.15. The fourth-order valence-corrected chi connectivity index (χ4v) is 1.06. The second-order valence-electron chi connectivity index (χ2n) is 2.76. The quantitative estimate of drug-likeness (QED) is 0.459. The molecule has 0 saturated carbocycles. The third-order valence-corrected chi connectivity index (χ3v) is 1.78. The minimum atomic E-state index is 0.0132. The van der Waals surface area contributed by atoms with Crippen molar-refractivity contribution in [1.82, 2.24) is 0 Å². The second-order valence-corrected chi connectivity index (χ2v) is 2.76. The Morgan fingerprint density at radius 1 is 1.60 bits per heavy atom. The minimum Gasteiger partial charge on any atom is -0.504 e. The number of aromatic hydroxyl groups is 1. The fourth-order valence-electron chi connectivity index (χ4n) is 1.06. The van der Waals surface area contributed by atoms with Crippen molar-refractivity contribution in [3.8, 4) is 17.6 Å². The third kappa shape index (κ3) is 2.58. The number of hydrogen-bond donors (Lipinski definition) is 1. The maximum absolute atomic E-state index is 10.4. The summed E-state index contributed by atoms with van der Waals surface area (Å²) in [4.78, 5) is 10.4. The van der Waals surface area contributed by atoms with E-state index in [-0.39, 0.29) is 11.3 Å². The number of nitriles is 1. The summed E-state index contributed by atoms with van der Waals surface area (Å²) >= 11 is 0. The molecule has 0 amide bonds. The lowest BCUT2D eigenvalue weighted by Gasteiger charge is -2.03. The second kappa shape index (κ2) is 4.82. The molecule has 0 bridgehead atoms. The van der Waals surface area contributed by atoms with E-state index in [1.54, 1.807) is 12.1 Å². The lowest BCUT2D eigenvalue weighted by atomic mass is 10.1. The molecule has 0 heterocycles. The van der Waals surface area contributed by atoms with Gasteiger partial charge in [0.05, 0.1) is 12.7 Å². The molecule has 1 aromatic rings. The number of aldehydes is 1. The summed E-state index contributed by atoms with van der Waals surface area (Å²) in [6, 6.07) is 6.30. The third-order valence-electron chi connectivity index (χ3n) is 1.78. The molecule has 0 aliphatic carbocycles. The van der Waals surface area contributed by atoms with Crippen molar-refractivity contribution in [3.63, 3.8) is 0 Å². The largest absolute Gasteiger partial charge is 0.504 e. The number of carbonyl (C=O) groups is 1. The van der Waals surface area contributed by atoms with Crippen LogP contribution in [0.25, 0.3) is 6.08 Å². The summed E-state index contributed by atoms with van der Waals surface area (Å²) in [7, 11) is 1.42. The predicted molar refractivity (Wildman–Crippen MR) is 54.3 cm³/mol. The summed E-state index contributed by atoms with van der Waals surface area (Å²) in [6.07, 6.45) is 1.88. The number of rotatable bonds is 3. The van der Waals surface area contributed by atoms with Gasteiger partial charge in [0, 0.05) is 0 Å². The van der Waals surface area contributed by atoms with Gasteiger partial charge in [-0.2, -0.15) is 5.26 Å². The molecule has 0 saturated heterocycles. The van der Waals surface area contributed by atoms with Crippen molar-refractivity contribution in [2.75, 3.05) is 7.11 Å². The monoisotopic (exact) mass is 203 g/mol. The Morgan fingerprint density at radius 2 is 2.33 bits per heavy atom. The van der Waals surface area contributed by atoms with Crippen molar-refractivity contribution in [2.45, 2.75) is 0 Å². The highest BCUT2D eigenvalue weighted by atomic mass is 16.5. The van der Waals surface area contributed by atoms with Crippen LogP contribution < -0.4 is 4.74 Å². The van der Waals surface area contributed by atoms with Gasteiger partial charge in [-0.3, -0.25) is 4.79 Å². The molecule has 1 rings (SSSR count). The number of phenolic OH excluding ortho intramolecular Hbond substituents is 1. The first-order chi connectivity index (χ1) is 7.21. The highest BCUT2D eigenvalue weighted by Crippen LogP contribution is 2.26. The molecule has 0 aliphatic heterocycles. The van der Waals surface area contributed by atoms with Crippen LogP contribution in [0, 0.1) is 11.3 Å². The van der Waals surface area contributed by atoms with E-state index in [0.717, 1.165) is 0 Å². The van der Waals surface area contributed by atoms with Crippen LogP contribution in [0.3, 0.4) is 0 Å². The van der Waals surface area contributed by atoms with Gasteiger partial charge < -0.3 is 9.84 Å². The van der Waals surface area contributed by atoms with E-state index in [1.165, 1.54) is 25.3 Å². The molecule has 4 heteroatoms. The molecular weight excluding hydrogens is 194 g/mol. The van der Waals surface area contributed by atoms with E-state index in [2.05, 4.69) is 0 Å². The number of nitrogens with zero attached hydrogens (tertiary/aromatic N) is 1. The molecule has 0 aliphatic rings. The predicted octanol–water partition coefficient (Wildman–Crippen LogP) is 1.51. The van der Waals surface area contributed by atoms with E-state index in [0.29, 0.717) is 17.6 Å². The maximum atomic E-state index is 10.4. The van der Waals surface area contributed by atoms with E-state index >= 15 is 0 Å². The Labute approximate surface area is 87.0 Å². The SMILES string of the molecule is COc1cc(/C=C(\C#N)C=O)ccc1O. The number of allylic oxidation sites excluding steroid dienone is 1. The molecule has 0 fully saturated rings. The van der Waals surface area contributed by atoms with Crippen LogP contribution in [-0.2, 0) is 4.79 Å². The van der Waals surface area contributed by atoms with E-state index in [1.807, 2.05) is 0 Å². The topological polar surface area (TPSA) is 70.3 Å². The molecule has 0 aromatic heterocycles. The van der Waals surface area contributed by atoms with Crippen molar-refractivity contribution in [2.24, 2.45) is 0 Å². The lowest BCUT2D eigenvalue weighted by Crippen LogP contribution is -1.85. The highest BCUT2D eigenvalue weighted by Gasteiger charge is 2.01. The number of phenols is 1. The van der Waals surface area contributed by atoms with Crippen LogP contribution in [0.2, 0.25) is 0 Å². The Balaban J connectivity index is 3.13. The Bertz CT molecular complexity index is 444. The van der Waals surface area contributed by atoms with Crippen molar-refractivity contribution in [1.29, 1.82) is 5.26 Å². The molecule has 15 heavy (non-hydrogen) atoms. The Kier molecular flexibility index (Phi) is 3.47. The average Bonchev–Trinajstić information content (AvgIpc) is 2.28. The van der Waals surface area contributed by atoms with E-state index in [9.17, 15) is 9.90 Å². The van der Waals surface area contributed by atoms with Crippen LogP contribution in [-0.4, -0.2) is 18.5 Å². The maximum Gasteiger partial charge on any atom is 0.161 e.